The highest BCUT2D eigenvalue weighted by Gasteiger charge is 2.08. The highest BCUT2D eigenvalue weighted by atomic mass is 79.9. The molecule has 0 aliphatic heterocycles. The molecule has 0 bridgehead atoms. The number of hydrogen-bond donors (Lipinski definition) is 1. The van der Waals surface area contributed by atoms with Gasteiger partial charge in [-0.25, -0.2) is 4.79 Å². The van der Waals surface area contributed by atoms with Gasteiger partial charge in [0.1, 0.15) is 0 Å². The molecule has 0 spiro atoms. The highest BCUT2D eigenvalue weighted by molar-refractivity contribution is 9.10. The van der Waals surface area contributed by atoms with E-state index in [4.69, 9.17) is 4.74 Å². The van der Waals surface area contributed by atoms with E-state index in [2.05, 4.69) is 21.2 Å². The first-order chi connectivity index (χ1) is 12.6. The Morgan fingerprint density at radius 3 is 2.42 bits per heavy atom. The molecule has 0 fully saturated rings. The lowest BCUT2D eigenvalue weighted by Gasteiger charge is -2.07. The molecule has 2 aromatic carbocycles. The number of carbonyl (C=O) groups is 2. The Labute approximate surface area is 166 Å². The Bertz CT molecular complexity index is 717. The molecule has 0 radical (unpaired) electrons. The van der Waals surface area contributed by atoms with Crippen molar-refractivity contribution in [2.45, 2.75) is 25.5 Å². The van der Waals surface area contributed by atoms with Gasteiger partial charge < -0.3 is 10.1 Å². The van der Waals surface area contributed by atoms with Gasteiger partial charge in [0, 0.05) is 15.9 Å². The lowest BCUT2D eigenvalue weighted by molar-refractivity contribution is -0.113. The van der Waals surface area contributed by atoms with Crippen LogP contribution in [0.1, 0.15) is 35.7 Å². The summed E-state index contributed by atoms with van der Waals surface area (Å²) < 4.78 is 6.20. The van der Waals surface area contributed by atoms with Crippen molar-refractivity contribution in [1.82, 2.24) is 0 Å². The zero-order chi connectivity index (χ0) is 18.8. The number of nitrogens with one attached hydrogen (secondary N) is 1. The number of anilines is 1. The lowest BCUT2D eigenvalue weighted by atomic mass is 10.2. The molecule has 0 aromatic heterocycles. The van der Waals surface area contributed by atoms with Gasteiger partial charge in [-0.15, -0.1) is 11.8 Å². The second-order valence-corrected chi connectivity index (χ2v) is 7.64. The van der Waals surface area contributed by atoms with Crippen LogP contribution < -0.4 is 5.32 Å². The number of rotatable bonds is 9. The summed E-state index contributed by atoms with van der Waals surface area (Å²) in [6.07, 6.45) is 1.84. The molecule has 0 saturated carbocycles. The van der Waals surface area contributed by atoms with Crippen molar-refractivity contribution in [2.75, 3.05) is 17.7 Å². The molecule has 0 aliphatic rings. The van der Waals surface area contributed by atoms with Crippen molar-refractivity contribution >= 4 is 45.3 Å². The number of esters is 1. The fraction of sp³-hybridized carbons (Fsp3) is 0.300. The van der Waals surface area contributed by atoms with Gasteiger partial charge in [-0.2, -0.15) is 0 Å². The second-order valence-electron chi connectivity index (χ2n) is 5.73. The fourth-order valence-electron chi connectivity index (χ4n) is 2.12. The number of ether oxygens (including phenoxy) is 1. The topological polar surface area (TPSA) is 55.4 Å². The summed E-state index contributed by atoms with van der Waals surface area (Å²) in [6, 6.07) is 14.8. The van der Waals surface area contributed by atoms with Crippen LogP contribution in [0.2, 0.25) is 0 Å². The molecule has 0 atom stereocenters. The van der Waals surface area contributed by atoms with Crippen LogP contribution in [0.4, 0.5) is 5.69 Å². The smallest absolute Gasteiger partial charge is 0.338 e. The Hall–Kier alpha value is -1.79. The van der Waals surface area contributed by atoms with Gasteiger partial charge in [0.15, 0.2) is 0 Å². The first kappa shape index (κ1) is 20.5. The van der Waals surface area contributed by atoms with Gasteiger partial charge in [0.2, 0.25) is 5.91 Å². The molecule has 6 heteroatoms. The summed E-state index contributed by atoms with van der Waals surface area (Å²) >= 11 is 4.96. The summed E-state index contributed by atoms with van der Waals surface area (Å²) in [5, 5.41) is 2.84. The molecular weight excluding hydrogens is 414 g/mol. The first-order valence-corrected chi connectivity index (χ1v) is 10.4. The SMILES string of the molecule is CCCCOC(=O)c1ccc(NC(=O)CSCc2ccc(Br)cc2)cc1. The van der Waals surface area contributed by atoms with E-state index < -0.39 is 0 Å². The molecule has 1 amide bonds. The van der Waals surface area contributed by atoms with E-state index in [0.717, 1.165) is 23.1 Å². The third-order valence-electron chi connectivity index (χ3n) is 3.55. The third-order valence-corrected chi connectivity index (χ3v) is 5.08. The number of thioether (sulfide) groups is 1. The lowest BCUT2D eigenvalue weighted by Crippen LogP contribution is -2.14. The number of benzene rings is 2. The van der Waals surface area contributed by atoms with Crippen LogP contribution in [0.15, 0.2) is 53.0 Å². The van der Waals surface area contributed by atoms with Crippen molar-refractivity contribution in [1.29, 1.82) is 0 Å². The summed E-state index contributed by atoms with van der Waals surface area (Å²) in [5.41, 5.74) is 2.34. The molecule has 0 heterocycles. The monoisotopic (exact) mass is 435 g/mol. The van der Waals surface area contributed by atoms with Crippen LogP contribution in [-0.4, -0.2) is 24.2 Å². The number of halogens is 1. The van der Waals surface area contributed by atoms with Gasteiger partial charge in [-0.1, -0.05) is 41.4 Å². The Morgan fingerprint density at radius 2 is 1.77 bits per heavy atom. The van der Waals surface area contributed by atoms with Crippen LogP contribution in [-0.2, 0) is 15.3 Å². The van der Waals surface area contributed by atoms with Crippen molar-refractivity contribution in [3.63, 3.8) is 0 Å². The fourth-order valence-corrected chi connectivity index (χ4v) is 3.17. The van der Waals surface area contributed by atoms with E-state index in [-0.39, 0.29) is 11.9 Å². The average Bonchev–Trinajstić information content (AvgIpc) is 2.64. The van der Waals surface area contributed by atoms with E-state index in [1.807, 2.05) is 31.2 Å². The second kappa shape index (κ2) is 11.0. The molecule has 2 aromatic rings. The van der Waals surface area contributed by atoms with Gasteiger partial charge in [-0.3, -0.25) is 4.79 Å². The quantitative estimate of drug-likeness (QED) is 0.429. The van der Waals surface area contributed by atoms with Crippen molar-refractivity contribution in [3.05, 3.63) is 64.1 Å². The molecule has 0 unspecified atom stereocenters. The Balaban J connectivity index is 1.74. The highest BCUT2D eigenvalue weighted by Crippen LogP contribution is 2.17. The minimum atomic E-state index is -0.332. The van der Waals surface area contributed by atoms with Crippen molar-refractivity contribution in [2.24, 2.45) is 0 Å². The predicted octanol–water partition coefficient (Wildman–Crippen LogP) is 5.28. The van der Waals surface area contributed by atoms with Gasteiger partial charge in [-0.05, 0) is 48.4 Å². The number of unbranched alkanes of at least 4 members (excludes halogenated alkanes) is 1. The average molecular weight is 436 g/mol. The molecule has 138 valence electrons. The van der Waals surface area contributed by atoms with Gasteiger partial charge >= 0.3 is 5.97 Å². The van der Waals surface area contributed by atoms with Crippen molar-refractivity contribution in [3.8, 4) is 0 Å². The maximum atomic E-state index is 12.0. The van der Waals surface area contributed by atoms with E-state index in [9.17, 15) is 9.59 Å². The zero-order valence-electron chi connectivity index (χ0n) is 14.7. The van der Waals surface area contributed by atoms with Crippen LogP contribution in [0.5, 0.6) is 0 Å². The normalized spacial score (nSPS) is 10.4. The van der Waals surface area contributed by atoms with Crippen LogP contribution in [0.3, 0.4) is 0 Å². The van der Waals surface area contributed by atoms with E-state index in [1.54, 1.807) is 36.0 Å². The summed E-state index contributed by atoms with van der Waals surface area (Å²) in [6.45, 7) is 2.48. The molecular formula is C20H22BrNO3S. The standard InChI is InChI=1S/C20H22BrNO3S/c1-2-3-12-25-20(24)16-6-10-18(11-7-16)22-19(23)14-26-13-15-4-8-17(21)9-5-15/h4-11H,2-3,12-14H2,1H3,(H,22,23). The van der Waals surface area contributed by atoms with Crippen LogP contribution in [0.25, 0.3) is 0 Å². The molecule has 0 saturated heterocycles. The van der Waals surface area contributed by atoms with E-state index >= 15 is 0 Å². The van der Waals surface area contributed by atoms with Crippen molar-refractivity contribution < 1.29 is 14.3 Å². The Kier molecular flexibility index (Phi) is 8.71. The van der Waals surface area contributed by atoms with Gasteiger partial charge in [0.05, 0.1) is 17.9 Å². The molecule has 1 N–H and O–H groups in total. The minimum absolute atomic E-state index is 0.0645. The van der Waals surface area contributed by atoms with E-state index in [1.165, 1.54) is 5.56 Å². The summed E-state index contributed by atoms with van der Waals surface area (Å²) in [5.74, 6) is 0.756. The minimum Gasteiger partial charge on any atom is -0.462 e. The maximum absolute atomic E-state index is 12.0. The number of hydrogen-bond acceptors (Lipinski definition) is 4. The first-order valence-electron chi connectivity index (χ1n) is 8.47. The Morgan fingerprint density at radius 1 is 1.08 bits per heavy atom. The summed E-state index contributed by atoms with van der Waals surface area (Å²) in [7, 11) is 0. The number of amides is 1. The summed E-state index contributed by atoms with van der Waals surface area (Å²) in [4.78, 5) is 23.9. The molecule has 4 nitrogen and oxygen atoms in total. The predicted molar refractivity (Wildman–Crippen MR) is 111 cm³/mol. The van der Waals surface area contributed by atoms with Crippen LogP contribution >= 0.6 is 27.7 Å². The maximum Gasteiger partial charge on any atom is 0.338 e. The number of carbonyl (C=O) groups excluding carboxylic acids is 2. The van der Waals surface area contributed by atoms with Gasteiger partial charge in [0.25, 0.3) is 0 Å². The molecule has 2 rings (SSSR count). The molecule has 26 heavy (non-hydrogen) atoms. The largest absolute Gasteiger partial charge is 0.462 e. The zero-order valence-corrected chi connectivity index (χ0v) is 17.1. The van der Waals surface area contributed by atoms with Crippen LogP contribution in [0, 0.1) is 0 Å². The van der Waals surface area contributed by atoms with E-state index in [0.29, 0.717) is 23.6 Å². The third kappa shape index (κ3) is 7.22. The molecule has 0 aliphatic carbocycles.